The Kier molecular flexibility index (Phi) is 11.1. The van der Waals surface area contributed by atoms with Gasteiger partial charge < -0.3 is 30.1 Å². The number of phenolic OH excluding ortho intramolecular Hbond substituents is 1. The molecule has 0 saturated heterocycles. The number of rotatable bonds is 9. The van der Waals surface area contributed by atoms with Crippen molar-refractivity contribution in [2.45, 2.75) is 97.6 Å². The van der Waals surface area contributed by atoms with Crippen molar-refractivity contribution >= 4 is 23.9 Å². The van der Waals surface area contributed by atoms with E-state index >= 15 is 0 Å². The molecule has 10 nitrogen and oxygen atoms in total. The van der Waals surface area contributed by atoms with Gasteiger partial charge in [-0.3, -0.25) is 9.59 Å². The highest BCUT2D eigenvalue weighted by molar-refractivity contribution is 5.93. The van der Waals surface area contributed by atoms with Crippen molar-refractivity contribution in [1.82, 2.24) is 15.5 Å². The van der Waals surface area contributed by atoms with Gasteiger partial charge in [-0.1, -0.05) is 42.5 Å². The van der Waals surface area contributed by atoms with Crippen molar-refractivity contribution in [3.05, 3.63) is 65.7 Å². The van der Waals surface area contributed by atoms with Crippen LogP contribution in [0, 0.1) is 0 Å². The highest BCUT2D eigenvalue weighted by Gasteiger charge is 2.40. The molecule has 0 fully saturated rings. The lowest BCUT2D eigenvalue weighted by molar-refractivity contribution is -0.159. The number of esters is 1. The summed E-state index contributed by atoms with van der Waals surface area (Å²) in [6.45, 7) is 15.1. The summed E-state index contributed by atoms with van der Waals surface area (Å²) in [6, 6.07) is 12.8. The van der Waals surface area contributed by atoms with Crippen molar-refractivity contribution in [3.63, 3.8) is 0 Å². The van der Waals surface area contributed by atoms with E-state index in [2.05, 4.69) is 10.6 Å². The minimum absolute atomic E-state index is 0.105. The van der Waals surface area contributed by atoms with E-state index in [1.165, 1.54) is 17.0 Å². The van der Waals surface area contributed by atoms with E-state index in [0.29, 0.717) is 5.56 Å². The SMILES string of the molecule is CC(C)(C)OC(=O)NCC(=O)N(C(C(=O)NC(Cc1ccccc1)C(=O)OC(C)(C)C)c1cccc(O)c1)C(C)(C)C. The summed E-state index contributed by atoms with van der Waals surface area (Å²) in [5, 5.41) is 15.5. The second kappa shape index (κ2) is 13.7. The van der Waals surface area contributed by atoms with Crippen LogP contribution in [-0.4, -0.2) is 63.2 Å². The van der Waals surface area contributed by atoms with E-state index in [4.69, 9.17) is 9.47 Å². The molecule has 0 bridgehead atoms. The largest absolute Gasteiger partial charge is 0.508 e. The van der Waals surface area contributed by atoms with Gasteiger partial charge in [0.25, 0.3) is 0 Å². The first-order valence-electron chi connectivity index (χ1n) is 13.9. The molecule has 0 heterocycles. The van der Waals surface area contributed by atoms with Gasteiger partial charge in [0.15, 0.2) is 0 Å². The topological polar surface area (TPSA) is 134 Å². The molecule has 230 valence electrons. The molecule has 10 heteroatoms. The number of benzene rings is 2. The number of nitrogens with zero attached hydrogens (tertiary/aromatic N) is 1. The summed E-state index contributed by atoms with van der Waals surface area (Å²) >= 11 is 0. The number of aromatic hydroxyl groups is 1. The van der Waals surface area contributed by atoms with Crippen molar-refractivity contribution in [2.24, 2.45) is 0 Å². The lowest BCUT2D eigenvalue weighted by atomic mass is 9.95. The number of nitrogens with one attached hydrogen (secondary N) is 2. The van der Waals surface area contributed by atoms with Crippen LogP contribution < -0.4 is 10.6 Å². The molecule has 3 amide bonds. The van der Waals surface area contributed by atoms with Gasteiger partial charge in [0, 0.05) is 12.0 Å². The maximum atomic E-state index is 14.1. The molecule has 2 aromatic carbocycles. The fraction of sp³-hybridized carbons (Fsp3) is 0.500. The van der Waals surface area contributed by atoms with E-state index in [-0.39, 0.29) is 12.2 Å². The fourth-order valence-corrected chi connectivity index (χ4v) is 4.23. The maximum absolute atomic E-state index is 14.1. The van der Waals surface area contributed by atoms with Crippen LogP contribution in [0.15, 0.2) is 54.6 Å². The number of amides is 3. The number of carbonyl (C=O) groups is 4. The first-order valence-corrected chi connectivity index (χ1v) is 13.9. The quantitative estimate of drug-likeness (QED) is 0.366. The molecule has 0 aromatic heterocycles. The van der Waals surface area contributed by atoms with Crippen LogP contribution in [0.5, 0.6) is 5.75 Å². The predicted octanol–water partition coefficient (Wildman–Crippen LogP) is 4.65. The Morgan fingerprint density at radius 3 is 1.95 bits per heavy atom. The second-order valence-electron chi connectivity index (χ2n) is 13.1. The molecule has 2 aromatic rings. The smallest absolute Gasteiger partial charge is 0.408 e. The Hall–Kier alpha value is -4.08. The highest BCUT2D eigenvalue weighted by Crippen LogP contribution is 2.31. The van der Waals surface area contributed by atoms with Gasteiger partial charge in [-0.05, 0) is 85.6 Å². The van der Waals surface area contributed by atoms with Crippen molar-refractivity contribution < 1.29 is 33.8 Å². The molecule has 2 unspecified atom stereocenters. The summed E-state index contributed by atoms with van der Waals surface area (Å²) < 4.78 is 10.9. The molecule has 42 heavy (non-hydrogen) atoms. The van der Waals surface area contributed by atoms with Gasteiger partial charge in [0.05, 0.1) is 0 Å². The minimum atomic E-state index is -1.27. The van der Waals surface area contributed by atoms with Crippen LogP contribution in [0.2, 0.25) is 0 Å². The standard InChI is InChI=1S/C32H45N3O7/c1-30(2,3)35(25(37)20-33-29(40)42-32(7,8)9)26(22-16-13-17-23(36)19-22)27(38)34-24(28(39)41-31(4,5)6)18-21-14-11-10-12-15-21/h10-17,19,24,26,36H,18,20H2,1-9H3,(H,33,40)(H,34,38). The zero-order chi connectivity index (χ0) is 31.9. The normalized spacial score (nSPS) is 13.4. The van der Waals surface area contributed by atoms with E-state index < -0.39 is 59.2 Å². The molecule has 3 N–H and O–H groups in total. The molecule has 0 aliphatic rings. The predicted molar refractivity (Wildman–Crippen MR) is 160 cm³/mol. The molecule has 2 rings (SSSR count). The number of hydrogen-bond acceptors (Lipinski definition) is 7. The van der Waals surface area contributed by atoms with E-state index in [0.717, 1.165) is 5.56 Å². The van der Waals surface area contributed by atoms with Gasteiger partial charge in [-0.2, -0.15) is 0 Å². The highest BCUT2D eigenvalue weighted by atomic mass is 16.6. The summed E-state index contributed by atoms with van der Waals surface area (Å²) in [4.78, 5) is 54.7. The van der Waals surface area contributed by atoms with Gasteiger partial charge in [0.1, 0.15) is 35.6 Å². The fourth-order valence-electron chi connectivity index (χ4n) is 4.23. The molecular weight excluding hydrogens is 538 g/mol. The zero-order valence-electron chi connectivity index (χ0n) is 26.1. The van der Waals surface area contributed by atoms with Crippen LogP contribution in [-0.2, 0) is 30.3 Å². The van der Waals surface area contributed by atoms with Gasteiger partial charge >= 0.3 is 12.1 Å². The van der Waals surface area contributed by atoms with Gasteiger partial charge in [-0.15, -0.1) is 0 Å². The Morgan fingerprint density at radius 2 is 1.43 bits per heavy atom. The van der Waals surface area contributed by atoms with Crippen molar-refractivity contribution in [1.29, 1.82) is 0 Å². The molecule has 0 aliphatic heterocycles. The van der Waals surface area contributed by atoms with E-state index in [1.807, 2.05) is 30.3 Å². The zero-order valence-corrected chi connectivity index (χ0v) is 26.1. The summed E-state index contributed by atoms with van der Waals surface area (Å²) in [6.07, 6.45) is -0.631. The molecule has 0 aliphatic carbocycles. The minimum Gasteiger partial charge on any atom is -0.508 e. The van der Waals surface area contributed by atoms with Crippen LogP contribution in [0.25, 0.3) is 0 Å². The number of phenols is 1. The molecule has 0 radical (unpaired) electrons. The van der Waals surface area contributed by atoms with E-state index in [9.17, 15) is 24.3 Å². The lowest BCUT2D eigenvalue weighted by Gasteiger charge is -2.41. The Bertz CT molecular complexity index is 1240. The van der Waals surface area contributed by atoms with Crippen molar-refractivity contribution in [3.8, 4) is 5.75 Å². The summed E-state index contributed by atoms with van der Waals surface area (Å²) in [7, 11) is 0. The van der Waals surface area contributed by atoms with Crippen molar-refractivity contribution in [2.75, 3.05) is 6.54 Å². The van der Waals surface area contributed by atoms with Gasteiger partial charge in [0.2, 0.25) is 11.8 Å². The Labute approximate surface area is 248 Å². The molecule has 0 spiro atoms. The molecule has 2 atom stereocenters. The van der Waals surface area contributed by atoms with Crippen LogP contribution in [0.3, 0.4) is 0 Å². The average molecular weight is 584 g/mol. The first kappa shape index (κ1) is 34.1. The van der Waals surface area contributed by atoms with Crippen LogP contribution >= 0.6 is 0 Å². The Morgan fingerprint density at radius 1 is 0.833 bits per heavy atom. The molecule has 0 saturated carbocycles. The monoisotopic (exact) mass is 583 g/mol. The third-order valence-corrected chi connectivity index (χ3v) is 5.76. The van der Waals surface area contributed by atoms with Crippen LogP contribution in [0.1, 0.15) is 79.5 Å². The lowest BCUT2D eigenvalue weighted by Crippen LogP contribution is -2.57. The average Bonchev–Trinajstić information content (AvgIpc) is 2.83. The summed E-state index contributed by atoms with van der Waals surface area (Å²) in [5.74, 6) is -1.97. The Balaban J connectivity index is 2.50. The van der Waals surface area contributed by atoms with Crippen LogP contribution in [0.4, 0.5) is 4.79 Å². The third kappa shape index (κ3) is 11.1. The van der Waals surface area contributed by atoms with E-state index in [1.54, 1.807) is 74.4 Å². The number of ether oxygens (including phenoxy) is 2. The summed E-state index contributed by atoms with van der Waals surface area (Å²) in [5.41, 5.74) is -1.39. The first-order chi connectivity index (χ1) is 19.3. The number of alkyl carbamates (subject to hydrolysis) is 1. The van der Waals surface area contributed by atoms with Gasteiger partial charge in [-0.25, -0.2) is 9.59 Å². The third-order valence-electron chi connectivity index (χ3n) is 5.76. The maximum Gasteiger partial charge on any atom is 0.408 e. The molecular formula is C32H45N3O7. The second-order valence-corrected chi connectivity index (χ2v) is 13.1. The number of carbonyl (C=O) groups excluding carboxylic acids is 4. The number of hydrogen-bond donors (Lipinski definition) is 3.